The molecule has 59 heavy (non-hydrogen) atoms. The molecule has 9 rings (SSSR count). The van der Waals surface area contributed by atoms with E-state index in [1.54, 1.807) is 13.8 Å². The standard InChI is InChI=1S/C49H36F6N2S2/c1-5-43-37(27-31(58-43)21-17-29-19-23-41-35(25-29)33-13-9-11-15-39(33)56(41)7-3)45-46(48(52,53)49(54,55)47(45,50)51)38-28-32(59-44(38)6-2)22-18-30-20-24-42-36(26-30)34-14-10-12-16-40(34)57(42)8-4/h9-16,19-20,23-28H,5-8H2,1-4H3. The maximum atomic E-state index is 16.1. The molecule has 4 aromatic heterocycles. The third-order valence-corrected chi connectivity index (χ3v) is 13.7. The van der Waals surface area contributed by atoms with E-state index in [9.17, 15) is 0 Å². The van der Waals surface area contributed by atoms with Gasteiger partial charge in [0.2, 0.25) is 0 Å². The highest BCUT2D eigenvalue weighted by Gasteiger charge is 2.80. The van der Waals surface area contributed by atoms with Crippen molar-refractivity contribution in [3.8, 4) is 23.7 Å². The molecule has 1 aliphatic carbocycles. The van der Waals surface area contributed by atoms with Crippen molar-refractivity contribution in [1.29, 1.82) is 0 Å². The van der Waals surface area contributed by atoms with E-state index >= 15 is 26.3 Å². The van der Waals surface area contributed by atoms with Crippen LogP contribution >= 0.6 is 22.7 Å². The smallest absolute Gasteiger partial charge is 0.341 e. The molecule has 0 saturated carbocycles. The lowest BCUT2D eigenvalue weighted by Crippen LogP contribution is -2.48. The van der Waals surface area contributed by atoms with Gasteiger partial charge in [-0.15, -0.1) is 22.7 Å². The molecule has 0 radical (unpaired) electrons. The van der Waals surface area contributed by atoms with Crippen LogP contribution in [0.2, 0.25) is 0 Å². The first-order valence-corrected chi connectivity index (χ1v) is 21.2. The fraction of sp³-hybridized carbons (Fsp3) is 0.224. The number of thiophene rings is 2. The summed E-state index contributed by atoms with van der Waals surface area (Å²) in [5.74, 6) is -3.77. The van der Waals surface area contributed by atoms with E-state index in [-0.39, 0.29) is 33.7 Å². The number of fused-ring (bicyclic) bond motifs is 6. The molecule has 0 spiro atoms. The van der Waals surface area contributed by atoms with E-state index in [0.29, 0.717) is 20.9 Å². The second-order valence-electron chi connectivity index (χ2n) is 14.6. The molecule has 8 aromatic rings. The zero-order valence-corrected chi connectivity index (χ0v) is 34.2. The number of hydrogen-bond acceptors (Lipinski definition) is 2. The van der Waals surface area contributed by atoms with Crippen molar-refractivity contribution >= 4 is 77.4 Å². The molecule has 4 aromatic carbocycles. The number of nitrogens with zero attached hydrogens (tertiary/aromatic N) is 2. The van der Waals surface area contributed by atoms with Crippen LogP contribution in [0.25, 0.3) is 54.8 Å². The van der Waals surface area contributed by atoms with E-state index in [2.05, 4.69) is 58.8 Å². The minimum Gasteiger partial charge on any atom is -0.341 e. The molecule has 0 atom stereocenters. The van der Waals surface area contributed by atoms with Crippen molar-refractivity contribution in [2.24, 2.45) is 0 Å². The molecule has 4 heterocycles. The Kier molecular flexibility index (Phi) is 9.38. The lowest BCUT2D eigenvalue weighted by atomic mass is 9.94. The monoisotopic (exact) mass is 830 g/mol. The molecular formula is C49H36F6N2S2. The summed E-state index contributed by atoms with van der Waals surface area (Å²) in [5, 5.41) is 4.15. The highest BCUT2D eigenvalue weighted by atomic mass is 32.1. The molecule has 296 valence electrons. The van der Waals surface area contributed by atoms with Crippen LogP contribution in [0.5, 0.6) is 0 Å². The largest absolute Gasteiger partial charge is 0.380 e. The Morgan fingerprint density at radius 3 is 1.25 bits per heavy atom. The highest BCUT2D eigenvalue weighted by Crippen LogP contribution is 2.66. The van der Waals surface area contributed by atoms with E-state index in [1.165, 1.54) is 12.1 Å². The minimum absolute atomic E-state index is 0.149. The van der Waals surface area contributed by atoms with Gasteiger partial charge in [-0.3, -0.25) is 0 Å². The first kappa shape index (κ1) is 38.8. The number of aryl methyl sites for hydroxylation is 4. The fourth-order valence-electron chi connectivity index (χ4n) is 8.57. The summed E-state index contributed by atoms with van der Waals surface area (Å²) < 4.78 is 100.0. The van der Waals surface area contributed by atoms with Gasteiger partial charge >= 0.3 is 17.8 Å². The molecule has 2 nitrogen and oxygen atoms in total. The average Bonchev–Trinajstić information content (AvgIpc) is 4.02. The molecular weight excluding hydrogens is 795 g/mol. The van der Waals surface area contributed by atoms with Crippen LogP contribution in [-0.4, -0.2) is 26.9 Å². The fourth-order valence-corrected chi connectivity index (χ4v) is 10.5. The Hall–Kier alpha value is -5.68. The van der Waals surface area contributed by atoms with Gasteiger partial charge in [-0.05, 0) is 98.5 Å². The van der Waals surface area contributed by atoms with Crippen molar-refractivity contribution in [3.05, 3.63) is 139 Å². The molecule has 0 bridgehead atoms. The number of alkyl halides is 6. The van der Waals surface area contributed by atoms with Crippen molar-refractivity contribution in [1.82, 2.24) is 9.13 Å². The van der Waals surface area contributed by atoms with Gasteiger partial charge in [0.25, 0.3) is 0 Å². The van der Waals surface area contributed by atoms with Gasteiger partial charge in [0, 0.05) is 88.7 Å². The number of benzene rings is 4. The van der Waals surface area contributed by atoms with Crippen molar-refractivity contribution < 1.29 is 26.3 Å². The molecule has 0 aliphatic heterocycles. The second kappa shape index (κ2) is 14.3. The Labute approximate surface area is 345 Å². The molecule has 0 N–H and O–H groups in total. The van der Waals surface area contributed by atoms with Gasteiger partial charge in [-0.25, -0.2) is 0 Å². The van der Waals surface area contributed by atoms with Gasteiger partial charge in [-0.1, -0.05) is 73.9 Å². The van der Waals surface area contributed by atoms with Gasteiger partial charge in [0.05, 0.1) is 9.75 Å². The highest BCUT2D eigenvalue weighted by molar-refractivity contribution is 7.13. The van der Waals surface area contributed by atoms with Crippen LogP contribution in [0.15, 0.2) is 97.1 Å². The lowest BCUT2D eigenvalue weighted by Gasteiger charge is -2.25. The number of allylic oxidation sites excluding steroid dienone is 2. The maximum absolute atomic E-state index is 16.1. The van der Waals surface area contributed by atoms with Gasteiger partial charge in [-0.2, -0.15) is 26.3 Å². The topological polar surface area (TPSA) is 9.86 Å². The minimum atomic E-state index is -5.68. The third-order valence-electron chi connectivity index (χ3n) is 11.3. The molecule has 1 aliphatic rings. The summed E-state index contributed by atoms with van der Waals surface area (Å²) in [5.41, 5.74) is 2.23. The number of hydrogen-bond donors (Lipinski definition) is 0. The third kappa shape index (κ3) is 5.86. The Morgan fingerprint density at radius 2 is 0.864 bits per heavy atom. The molecule has 0 fully saturated rings. The van der Waals surface area contributed by atoms with Crippen LogP contribution < -0.4 is 0 Å². The summed E-state index contributed by atoms with van der Waals surface area (Å²) in [7, 11) is 0. The Balaban J connectivity index is 1.14. The Morgan fingerprint density at radius 1 is 0.475 bits per heavy atom. The van der Waals surface area contributed by atoms with E-state index in [1.807, 2.05) is 72.8 Å². The van der Waals surface area contributed by atoms with Crippen LogP contribution in [-0.2, 0) is 25.9 Å². The Bertz CT molecular complexity index is 2960. The van der Waals surface area contributed by atoms with Gasteiger partial charge in [0.1, 0.15) is 0 Å². The molecule has 0 unspecified atom stereocenters. The van der Waals surface area contributed by atoms with E-state index in [0.717, 1.165) is 79.4 Å². The number of aromatic nitrogens is 2. The average molecular weight is 831 g/mol. The van der Waals surface area contributed by atoms with Crippen LogP contribution in [0.1, 0.15) is 69.5 Å². The number of halogens is 6. The van der Waals surface area contributed by atoms with E-state index < -0.39 is 28.9 Å². The molecule has 10 heteroatoms. The molecule has 0 amide bonds. The summed E-state index contributed by atoms with van der Waals surface area (Å²) >= 11 is 2.09. The summed E-state index contributed by atoms with van der Waals surface area (Å²) in [6.45, 7) is 9.06. The first-order chi connectivity index (χ1) is 28.3. The van der Waals surface area contributed by atoms with Crippen molar-refractivity contribution in [2.75, 3.05) is 0 Å². The quantitative estimate of drug-likeness (QED) is 0.117. The van der Waals surface area contributed by atoms with Crippen molar-refractivity contribution in [3.63, 3.8) is 0 Å². The summed E-state index contributed by atoms with van der Waals surface area (Å²) in [6, 6.07) is 30.3. The van der Waals surface area contributed by atoms with E-state index in [4.69, 9.17) is 0 Å². The lowest BCUT2D eigenvalue weighted by molar-refractivity contribution is -0.254. The predicted octanol–water partition coefficient (Wildman–Crippen LogP) is 13.8. The number of para-hydroxylation sites is 2. The van der Waals surface area contributed by atoms with Gasteiger partial charge in [0.15, 0.2) is 0 Å². The number of rotatable bonds is 6. The SMILES string of the molecule is CCc1sc(C#Cc2ccc3c(c2)c2ccccc2n3CC)cc1C1=C(c2cc(C#Cc3ccc4c(c3)c3ccccc3n4CC)sc2CC)C(F)(F)C(F)(F)C1(F)F. The normalized spacial score (nSPS) is 15.6. The zero-order chi connectivity index (χ0) is 41.4. The van der Waals surface area contributed by atoms with Crippen LogP contribution in [0, 0.1) is 23.7 Å². The summed E-state index contributed by atoms with van der Waals surface area (Å²) in [6.07, 6.45) is 0.298. The predicted molar refractivity (Wildman–Crippen MR) is 231 cm³/mol. The maximum Gasteiger partial charge on any atom is 0.380 e. The van der Waals surface area contributed by atoms with Crippen LogP contribution in [0.3, 0.4) is 0 Å². The summed E-state index contributed by atoms with van der Waals surface area (Å²) in [4.78, 5) is 1.15. The van der Waals surface area contributed by atoms with Crippen molar-refractivity contribution in [2.45, 2.75) is 71.4 Å². The first-order valence-electron chi connectivity index (χ1n) is 19.5. The second-order valence-corrected chi connectivity index (χ2v) is 16.8. The van der Waals surface area contributed by atoms with Gasteiger partial charge < -0.3 is 9.13 Å². The van der Waals surface area contributed by atoms with Crippen LogP contribution in [0.4, 0.5) is 26.3 Å². The zero-order valence-electron chi connectivity index (χ0n) is 32.5. The molecule has 0 saturated heterocycles.